The minimum atomic E-state index is -0.0530. The van der Waals surface area contributed by atoms with Gasteiger partial charge in [0.25, 0.3) is 0 Å². The zero-order chi connectivity index (χ0) is 16.7. The number of ether oxygens (including phenoxy) is 2. The highest BCUT2D eigenvalue weighted by atomic mass is 19.1. The lowest BCUT2D eigenvalue weighted by molar-refractivity contribution is 0.141. The van der Waals surface area contributed by atoms with E-state index in [0.29, 0.717) is 6.61 Å². The molecular weight excluding hydrogens is 303 g/mol. The first-order valence-electron chi connectivity index (χ1n) is 8.80. The predicted molar refractivity (Wildman–Crippen MR) is 93.2 cm³/mol. The zero-order valence-corrected chi connectivity index (χ0v) is 14.3. The maximum absolute atomic E-state index is 14.0. The lowest BCUT2D eigenvalue weighted by Gasteiger charge is -2.18. The summed E-state index contributed by atoms with van der Waals surface area (Å²) >= 11 is 0. The van der Waals surface area contributed by atoms with E-state index < -0.39 is 0 Å². The Morgan fingerprint density at radius 3 is 2.54 bits per heavy atom. The second kappa shape index (κ2) is 6.21. The average molecular weight is 326 g/mol. The maximum Gasteiger partial charge on any atom is 0.126 e. The summed E-state index contributed by atoms with van der Waals surface area (Å²) in [6.45, 7) is 5.68. The molecule has 2 aromatic carbocycles. The summed E-state index contributed by atoms with van der Waals surface area (Å²) in [5.41, 5.74) is 6.89. The van der Waals surface area contributed by atoms with Gasteiger partial charge in [-0.15, -0.1) is 0 Å². The molecular formula is C21H23FO2. The minimum Gasteiger partial charge on any atom is -0.488 e. The van der Waals surface area contributed by atoms with Gasteiger partial charge in [-0.1, -0.05) is 6.07 Å². The van der Waals surface area contributed by atoms with Gasteiger partial charge >= 0.3 is 0 Å². The molecule has 2 aliphatic rings. The molecule has 3 heteroatoms. The van der Waals surface area contributed by atoms with Gasteiger partial charge in [-0.25, -0.2) is 4.39 Å². The maximum atomic E-state index is 14.0. The van der Waals surface area contributed by atoms with E-state index in [2.05, 4.69) is 26.0 Å². The highest BCUT2D eigenvalue weighted by molar-refractivity contribution is 5.76. The van der Waals surface area contributed by atoms with Crippen molar-refractivity contribution in [3.63, 3.8) is 0 Å². The quantitative estimate of drug-likeness (QED) is 0.809. The largest absolute Gasteiger partial charge is 0.488 e. The SMILES string of the molecule is Cc1cc(OC2CCOC2)cc(C)c1-c1ccc(F)c2c1CCC2. The molecule has 0 saturated carbocycles. The van der Waals surface area contributed by atoms with Crippen molar-refractivity contribution in [1.82, 2.24) is 0 Å². The topological polar surface area (TPSA) is 18.5 Å². The molecule has 2 aromatic rings. The van der Waals surface area contributed by atoms with Gasteiger partial charge in [-0.05, 0) is 84.7 Å². The van der Waals surface area contributed by atoms with Gasteiger partial charge in [0.05, 0.1) is 13.2 Å². The number of hydrogen-bond donors (Lipinski definition) is 0. The normalized spacial score (nSPS) is 19.5. The van der Waals surface area contributed by atoms with Crippen molar-refractivity contribution in [3.05, 3.63) is 52.3 Å². The van der Waals surface area contributed by atoms with Crippen LogP contribution in [0.1, 0.15) is 35.1 Å². The number of aryl methyl sites for hydroxylation is 2. The van der Waals surface area contributed by atoms with Crippen molar-refractivity contribution < 1.29 is 13.9 Å². The Kier molecular flexibility index (Phi) is 4.05. The molecule has 1 unspecified atom stereocenters. The molecule has 1 aliphatic heterocycles. The third-order valence-electron chi connectivity index (χ3n) is 5.19. The molecule has 0 amide bonds. The van der Waals surface area contributed by atoms with Gasteiger partial charge in [0.1, 0.15) is 17.7 Å². The van der Waals surface area contributed by atoms with Crippen LogP contribution in [-0.2, 0) is 17.6 Å². The van der Waals surface area contributed by atoms with Gasteiger partial charge in [0.2, 0.25) is 0 Å². The van der Waals surface area contributed by atoms with E-state index in [1.165, 1.54) is 27.8 Å². The van der Waals surface area contributed by atoms with E-state index in [4.69, 9.17) is 9.47 Å². The molecule has 1 heterocycles. The highest BCUT2D eigenvalue weighted by Crippen LogP contribution is 2.38. The summed E-state index contributed by atoms with van der Waals surface area (Å²) in [6.07, 6.45) is 3.98. The Bertz CT molecular complexity index is 753. The third-order valence-corrected chi connectivity index (χ3v) is 5.19. The molecule has 1 aliphatic carbocycles. The van der Waals surface area contributed by atoms with Gasteiger partial charge < -0.3 is 9.47 Å². The Morgan fingerprint density at radius 2 is 1.83 bits per heavy atom. The summed E-state index contributed by atoms with van der Waals surface area (Å²) in [4.78, 5) is 0. The minimum absolute atomic E-state index is 0.0530. The first-order chi connectivity index (χ1) is 11.6. The Morgan fingerprint density at radius 1 is 1.08 bits per heavy atom. The van der Waals surface area contributed by atoms with Crippen LogP contribution in [0.3, 0.4) is 0 Å². The highest BCUT2D eigenvalue weighted by Gasteiger charge is 2.22. The van der Waals surface area contributed by atoms with E-state index in [0.717, 1.165) is 43.6 Å². The second-order valence-corrected chi connectivity index (χ2v) is 6.94. The molecule has 4 rings (SSSR count). The fourth-order valence-corrected chi connectivity index (χ4v) is 4.11. The fraction of sp³-hybridized carbons (Fsp3) is 0.429. The van der Waals surface area contributed by atoms with Crippen LogP contribution in [0.2, 0.25) is 0 Å². The number of rotatable bonds is 3. The van der Waals surface area contributed by atoms with Crippen molar-refractivity contribution in [2.45, 2.75) is 45.6 Å². The molecule has 1 saturated heterocycles. The molecule has 0 N–H and O–H groups in total. The first-order valence-corrected chi connectivity index (χ1v) is 8.80. The number of hydrogen-bond acceptors (Lipinski definition) is 2. The molecule has 24 heavy (non-hydrogen) atoms. The van der Waals surface area contributed by atoms with Gasteiger partial charge in [0, 0.05) is 6.42 Å². The molecule has 2 nitrogen and oxygen atoms in total. The smallest absolute Gasteiger partial charge is 0.126 e. The van der Waals surface area contributed by atoms with Crippen LogP contribution in [0.15, 0.2) is 24.3 Å². The van der Waals surface area contributed by atoms with Crippen LogP contribution < -0.4 is 4.74 Å². The van der Waals surface area contributed by atoms with E-state index in [-0.39, 0.29) is 11.9 Å². The van der Waals surface area contributed by atoms with Crippen molar-refractivity contribution in [2.75, 3.05) is 13.2 Å². The monoisotopic (exact) mass is 326 g/mol. The lowest BCUT2D eigenvalue weighted by atomic mass is 9.90. The molecule has 1 fully saturated rings. The van der Waals surface area contributed by atoms with Crippen molar-refractivity contribution in [3.8, 4) is 16.9 Å². The lowest BCUT2D eigenvalue weighted by Crippen LogP contribution is -2.15. The average Bonchev–Trinajstić information content (AvgIpc) is 3.20. The Balaban J connectivity index is 1.73. The van der Waals surface area contributed by atoms with Crippen molar-refractivity contribution in [2.24, 2.45) is 0 Å². The Hall–Kier alpha value is -1.87. The van der Waals surface area contributed by atoms with Gasteiger partial charge in [0.15, 0.2) is 0 Å². The van der Waals surface area contributed by atoms with Crippen LogP contribution in [0, 0.1) is 19.7 Å². The molecule has 1 atom stereocenters. The van der Waals surface area contributed by atoms with Crippen LogP contribution in [0.25, 0.3) is 11.1 Å². The van der Waals surface area contributed by atoms with Crippen molar-refractivity contribution >= 4 is 0 Å². The number of benzene rings is 2. The summed E-state index contributed by atoms with van der Waals surface area (Å²) in [5.74, 6) is 0.853. The van der Waals surface area contributed by atoms with Gasteiger partial charge in [-0.2, -0.15) is 0 Å². The predicted octanol–water partition coefficient (Wildman–Crippen LogP) is 4.77. The molecule has 0 radical (unpaired) electrons. The van der Waals surface area contributed by atoms with Crippen LogP contribution in [0.4, 0.5) is 4.39 Å². The third kappa shape index (κ3) is 2.71. The summed E-state index contributed by atoms with van der Waals surface area (Å²) < 4.78 is 25.5. The summed E-state index contributed by atoms with van der Waals surface area (Å²) in [7, 11) is 0. The van der Waals surface area contributed by atoms with E-state index >= 15 is 0 Å². The van der Waals surface area contributed by atoms with E-state index in [9.17, 15) is 4.39 Å². The van der Waals surface area contributed by atoms with E-state index in [1.54, 1.807) is 6.07 Å². The molecule has 126 valence electrons. The molecule has 0 spiro atoms. The van der Waals surface area contributed by atoms with E-state index in [1.807, 2.05) is 6.07 Å². The Labute approximate surface area is 142 Å². The number of halogens is 1. The molecule has 0 aromatic heterocycles. The standard InChI is InChI=1S/C21H23FO2/c1-13-10-16(24-15-8-9-23-12-15)11-14(2)21(13)19-6-7-20(22)18-5-3-4-17(18)19/h6-7,10-11,15H,3-5,8-9,12H2,1-2H3. The van der Waals surface area contributed by atoms with Crippen LogP contribution in [0.5, 0.6) is 5.75 Å². The van der Waals surface area contributed by atoms with Crippen LogP contribution >= 0.6 is 0 Å². The van der Waals surface area contributed by atoms with Crippen molar-refractivity contribution in [1.29, 1.82) is 0 Å². The summed E-state index contributed by atoms with van der Waals surface area (Å²) in [5, 5.41) is 0. The zero-order valence-electron chi connectivity index (χ0n) is 14.3. The second-order valence-electron chi connectivity index (χ2n) is 6.94. The summed E-state index contributed by atoms with van der Waals surface area (Å²) in [6, 6.07) is 7.77. The number of fused-ring (bicyclic) bond motifs is 1. The van der Waals surface area contributed by atoms with Gasteiger partial charge in [-0.3, -0.25) is 0 Å². The first kappa shape index (κ1) is 15.6. The molecule has 0 bridgehead atoms. The fourth-order valence-electron chi connectivity index (χ4n) is 4.11. The van der Waals surface area contributed by atoms with Crippen LogP contribution in [-0.4, -0.2) is 19.3 Å².